The highest BCUT2D eigenvalue weighted by Crippen LogP contribution is 2.23. The predicted octanol–water partition coefficient (Wildman–Crippen LogP) is 1.33. The monoisotopic (exact) mass is 182 g/mol. The molecule has 2 aliphatic rings. The van der Waals surface area contributed by atoms with E-state index in [0.29, 0.717) is 0 Å². The van der Waals surface area contributed by atoms with Crippen LogP contribution >= 0.6 is 0 Å². The molecule has 0 aliphatic carbocycles. The molecule has 0 spiro atoms. The summed E-state index contributed by atoms with van der Waals surface area (Å²) >= 11 is 0. The molecule has 2 atom stereocenters. The van der Waals surface area contributed by atoms with Gasteiger partial charge in [-0.1, -0.05) is 6.92 Å². The molecule has 2 rings (SSSR count). The minimum Gasteiger partial charge on any atom is -0.316 e. The van der Waals surface area contributed by atoms with E-state index in [1.165, 1.54) is 39.0 Å². The summed E-state index contributed by atoms with van der Waals surface area (Å²) in [6.45, 7) is 9.94. The van der Waals surface area contributed by atoms with Gasteiger partial charge in [0.05, 0.1) is 0 Å². The van der Waals surface area contributed by atoms with E-state index < -0.39 is 0 Å². The highest BCUT2D eigenvalue weighted by molar-refractivity contribution is 4.83. The van der Waals surface area contributed by atoms with E-state index in [1.54, 1.807) is 0 Å². The second kappa shape index (κ2) is 3.97. The molecule has 0 radical (unpaired) electrons. The van der Waals surface area contributed by atoms with Gasteiger partial charge in [0.15, 0.2) is 0 Å². The number of nitrogens with zero attached hydrogens (tertiary/aromatic N) is 1. The van der Waals surface area contributed by atoms with E-state index in [1.807, 2.05) is 0 Å². The van der Waals surface area contributed by atoms with Crippen LogP contribution in [0.1, 0.15) is 26.7 Å². The van der Waals surface area contributed by atoms with Gasteiger partial charge in [-0.15, -0.1) is 0 Å². The molecule has 0 aromatic carbocycles. The van der Waals surface area contributed by atoms with Gasteiger partial charge in [0.1, 0.15) is 0 Å². The molecule has 0 saturated carbocycles. The molecule has 2 heteroatoms. The average Bonchev–Trinajstić information content (AvgIpc) is 1.99. The lowest BCUT2D eigenvalue weighted by atomic mass is 9.91. The zero-order valence-corrected chi connectivity index (χ0v) is 8.92. The maximum atomic E-state index is 3.35. The van der Waals surface area contributed by atoms with E-state index in [2.05, 4.69) is 24.1 Å². The van der Waals surface area contributed by atoms with Crippen LogP contribution in [0.2, 0.25) is 0 Å². The largest absolute Gasteiger partial charge is 0.316 e. The Kier molecular flexibility index (Phi) is 2.89. The van der Waals surface area contributed by atoms with Crippen LogP contribution in [0.25, 0.3) is 0 Å². The Hall–Kier alpha value is -0.0800. The summed E-state index contributed by atoms with van der Waals surface area (Å²) in [5, 5.41) is 3.35. The van der Waals surface area contributed by atoms with Crippen molar-refractivity contribution in [2.45, 2.75) is 32.7 Å². The van der Waals surface area contributed by atoms with Crippen molar-refractivity contribution in [3.63, 3.8) is 0 Å². The quantitative estimate of drug-likeness (QED) is 0.693. The minimum absolute atomic E-state index is 0.823. The van der Waals surface area contributed by atoms with E-state index in [4.69, 9.17) is 0 Å². The fourth-order valence-electron chi connectivity index (χ4n) is 2.54. The molecule has 2 nitrogen and oxygen atoms in total. The number of hydrogen-bond acceptors (Lipinski definition) is 2. The summed E-state index contributed by atoms with van der Waals surface area (Å²) < 4.78 is 0. The molecule has 0 bridgehead atoms. The summed E-state index contributed by atoms with van der Waals surface area (Å²) in [4.78, 5) is 2.69. The summed E-state index contributed by atoms with van der Waals surface area (Å²) in [6, 6.07) is 0.823. The molecule has 0 aromatic heterocycles. The average molecular weight is 182 g/mol. The third-order valence-electron chi connectivity index (χ3n) is 3.63. The van der Waals surface area contributed by atoms with Crippen LogP contribution < -0.4 is 5.32 Å². The van der Waals surface area contributed by atoms with Crippen LogP contribution in [0, 0.1) is 11.8 Å². The molecule has 76 valence electrons. The second-order valence-corrected chi connectivity index (χ2v) is 5.00. The number of nitrogens with one attached hydrogen (secondary N) is 1. The summed E-state index contributed by atoms with van der Waals surface area (Å²) in [7, 11) is 0. The van der Waals surface area contributed by atoms with Gasteiger partial charge in [0.2, 0.25) is 0 Å². The molecule has 2 heterocycles. The van der Waals surface area contributed by atoms with Gasteiger partial charge in [-0.3, -0.25) is 0 Å². The fraction of sp³-hybridized carbons (Fsp3) is 1.00. The standard InChI is InChI=1S/C11H22N2/c1-9-3-4-13(10(2)5-9)8-11-6-12-7-11/h9-12H,3-8H2,1-2H3. The Balaban J connectivity index is 1.77. The molecular formula is C11H22N2. The van der Waals surface area contributed by atoms with Gasteiger partial charge in [-0.05, 0) is 38.1 Å². The molecule has 13 heavy (non-hydrogen) atoms. The van der Waals surface area contributed by atoms with E-state index >= 15 is 0 Å². The Bertz CT molecular complexity index is 165. The number of piperidine rings is 1. The Morgan fingerprint density at radius 3 is 2.62 bits per heavy atom. The van der Waals surface area contributed by atoms with Gasteiger partial charge in [-0.2, -0.15) is 0 Å². The maximum Gasteiger partial charge on any atom is 0.00696 e. The Morgan fingerprint density at radius 2 is 2.08 bits per heavy atom. The van der Waals surface area contributed by atoms with Crippen LogP contribution in [0.15, 0.2) is 0 Å². The summed E-state index contributed by atoms with van der Waals surface area (Å²) in [5.74, 6) is 1.89. The van der Waals surface area contributed by atoms with Crippen molar-refractivity contribution in [1.82, 2.24) is 10.2 Å². The van der Waals surface area contributed by atoms with Gasteiger partial charge in [0, 0.05) is 25.7 Å². The van der Waals surface area contributed by atoms with Crippen molar-refractivity contribution in [1.29, 1.82) is 0 Å². The van der Waals surface area contributed by atoms with Gasteiger partial charge in [0.25, 0.3) is 0 Å². The lowest BCUT2D eigenvalue weighted by Crippen LogP contribution is -2.51. The normalized spacial score (nSPS) is 37.4. The third kappa shape index (κ3) is 2.23. The zero-order valence-electron chi connectivity index (χ0n) is 8.92. The van der Waals surface area contributed by atoms with E-state index in [9.17, 15) is 0 Å². The number of hydrogen-bond donors (Lipinski definition) is 1. The summed E-state index contributed by atoms with van der Waals surface area (Å²) in [6.07, 6.45) is 2.81. The molecular weight excluding hydrogens is 160 g/mol. The van der Waals surface area contributed by atoms with Gasteiger partial charge < -0.3 is 10.2 Å². The van der Waals surface area contributed by atoms with Crippen molar-refractivity contribution in [3.8, 4) is 0 Å². The Morgan fingerprint density at radius 1 is 1.31 bits per heavy atom. The minimum atomic E-state index is 0.823. The van der Waals surface area contributed by atoms with Crippen molar-refractivity contribution in [2.75, 3.05) is 26.2 Å². The highest BCUT2D eigenvalue weighted by Gasteiger charge is 2.26. The smallest absolute Gasteiger partial charge is 0.00696 e. The van der Waals surface area contributed by atoms with Crippen molar-refractivity contribution in [3.05, 3.63) is 0 Å². The maximum absolute atomic E-state index is 3.35. The van der Waals surface area contributed by atoms with Crippen LogP contribution in [0.4, 0.5) is 0 Å². The van der Waals surface area contributed by atoms with E-state index in [-0.39, 0.29) is 0 Å². The SMILES string of the molecule is CC1CCN(CC2CNC2)C(C)C1. The molecule has 0 amide bonds. The summed E-state index contributed by atoms with van der Waals surface area (Å²) in [5.41, 5.74) is 0. The zero-order chi connectivity index (χ0) is 9.26. The first-order chi connectivity index (χ1) is 6.25. The number of likely N-dealkylation sites (tertiary alicyclic amines) is 1. The van der Waals surface area contributed by atoms with E-state index in [0.717, 1.165) is 17.9 Å². The van der Waals surface area contributed by atoms with Gasteiger partial charge in [-0.25, -0.2) is 0 Å². The Labute approximate surface area is 81.7 Å². The predicted molar refractivity (Wildman–Crippen MR) is 55.8 cm³/mol. The third-order valence-corrected chi connectivity index (χ3v) is 3.63. The van der Waals surface area contributed by atoms with Crippen molar-refractivity contribution < 1.29 is 0 Å². The first kappa shape index (κ1) is 9.47. The molecule has 0 aromatic rings. The van der Waals surface area contributed by atoms with Crippen LogP contribution in [-0.2, 0) is 0 Å². The molecule has 1 N–H and O–H groups in total. The molecule has 2 fully saturated rings. The van der Waals surface area contributed by atoms with Crippen LogP contribution in [-0.4, -0.2) is 37.1 Å². The lowest BCUT2D eigenvalue weighted by Gasteiger charge is -2.40. The topological polar surface area (TPSA) is 15.3 Å². The van der Waals surface area contributed by atoms with Crippen molar-refractivity contribution >= 4 is 0 Å². The van der Waals surface area contributed by atoms with Crippen LogP contribution in [0.3, 0.4) is 0 Å². The molecule has 2 unspecified atom stereocenters. The van der Waals surface area contributed by atoms with Gasteiger partial charge >= 0.3 is 0 Å². The first-order valence-corrected chi connectivity index (χ1v) is 5.70. The highest BCUT2D eigenvalue weighted by atomic mass is 15.2. The van der Waals surface area contributed by atoms with Crippen molar-refractivity contribution in [2.24, 2.45) is 11.8 Å². The molecule has 2 saturated heterocycles. The number of rotatable bonds is 2. The fourth-order valence-corrected chi connectivity index (χ4v) is 2.54. The lowest BCUT2D eigenvalue weighted by molar-refractivity contribution is 0.0962. The molecule has 2 aliphatic heterocycles. The first-order valence-electron chi connectivity index (χ1n) is 5.70. The van der Waals surface area contributed by atoms with Crippen LogP contribution in [0.5, 0.6) is 0 Å². The second-order valence-electron chi connectivity index (χ2n) is 5.00.